The number of alkyl halides is 3. The first-order chi connectivity index (χ1) is 6.05. The van der Waals surface area contributed by atoms with E-state index in [1.165, 1.54) is 18.7 Å². The molecule has 0 bridgehead atoms. The molecule has 0 amide bonds. The Labute approximate surface area is 74.4 Å². The maximum absolute atomic E-state index is 12.4. The average molecular weight is 192 g/mol. The van der Waals surface area contributed by atoms with E-state index in [2.05, 4.69) is 4.98 Å². The number of aromatic nitrogens is 2. The number of hydrogen-bond donors (Lipinski definition) is 0. The van der Waals surface area contributed by atoms with Gasteiger partial charge in [-0.3, -0.25) is 0 Å². The molecule has 1 rings (SSSR count). The summed E-state index contributed by atoms with van der Waals surface area (Å²) in [6, 6.07) is -1.43. The second-order valence-electron chi connectivity index (χ2n) is 2.86. The molecule has 1 aromatic rings. The normalized spacial score (nSPS) is 14.5. The summed E-state index contributed by atoms with van der Waals surface area (Å²) < 4.78 is 38.4. The van der Waals surface area contributed by atoms with Crippen LogP contribution in [0.4, 0.5) is 13.2 Å². The largest absolute Gasteiger partial charge is 0.409 e. The topological polar surface area (TPSA) is 17.8 Å². The van der Waals surface area contributed by atoms with Gasteiger partial charge in [0.25, 0.3) is 0 Å². The Kier molecular flexibility index (Phi) is 2.95. The second-order valence-corrected chi connectivity index (χ2v) is 2.86. The van der Waals surface area contributed by atoms with Gasteiger partial charge in [0, 0.05) is 12.4 Å². The van der Waals surface area contributed by atoms with E-state index < -0.39 is 12.2 Å². The molecule has 0 spiro atoms. The van der Waals surface area contributed by atoms with Gasteiger partial charge in [0.15, 0.2) is 0 Å². The number of nitrogens with zero attached hydrogens (tertiary/aromatic N) is 2. The Morgan fingerprint density at radius 2 is 2.15 bits per heavy atom. The number of halogens is 3. The van der Waals surface area contributed by atoms with Crippen molar-refractivity contribution >= 4 is 0 Å². The lowest BCUT2D eigenvalue weighted by Crippen LogP contribution is -2.25. The minimum Gasteiger partial charge on any atom is -0.325 e. The monoisotopic (exact) mass is 192 g/mol. The van der Waals surface area contributed by atoms with E-state index in [1.54, 1.807) is 6.92 Å². The smallest absolute Gasteiger partial charge is 0.325 e. The molecule has 1 unspecified atom stereocenters. The van der Waals surface area contributed by atoms with E-state index in [1.807, 2.05) is 0 Å². The number of imidazole rings is 1. The highest BCUT2D eigenvalue weighted by atomic mass is 19.4. The van der Waals surface area contributed by atoms with Crippen LogP contribution in [0, 0.1) is 0 Å². The summed E-state index contributed by atoms with van der Waals surface area (Å²) in [7, 11) is 0. The van der Waals surface area contributed by atoms with Crippen LogP contribution < -0.4 is 0 Å². The minimum atomic E-state index is -4.18. The lowest BCUT2D eigenvalue weighted by Gasteiger charge is -2.20. The molecular formula is C8H11F3N2. The molecule has 0 saturated heterocycles. The zero-order valence-corrected chi connectivity index (χ0v) is 7.25. The Bertz CT molecular complexity index is 240. The SMILES string of the molecule is CCCC(n1ccnc1)C(F)(F)F. The lowest BCUT2D eigenvalue weighted by molar-refractivity contribution is -0.169. The number of hydrogen-bond acceptors (Lipinski definition) is 1. The molecule has 1 heterocycles. The molecule has 0 fully saturated rings. The van der Waals surface area contributed by atoms with Crippen molar-refractivity contribution in [2.45, 2.75) is 32.0 Å². The van der Waals surface area contributed by atoms with E-state index in [9.17, 15) is 13.2 Å². The molecular weight excluding hydrogens is 181 g/mol. The van der Waals surface area contributed by atoms with Crippen molar-refractivity contribution < 1.29 is 13.2 Å². The van der Waals surface area contributed by atoms with Gasteiger partial charge in [-0.05, 0) is 6.42 Å². The highest BCUT2D eigenvalue weighted by molar-refractivity contribution is 4.83. The van der Waals surface area contributed by atoms with Crippen molar-refractivity contribution in [3.8, 4) is 0 Å². The maximum Gasteiger partial charge on any atom is 0.409 e. The molecule has 1 aromatic heterocycles. The van der Waals surface area contributed by atoms with Gasteiger partial charge in [-0.25, -0.2) is 4.98 Å². The Morgan fingerprint density at radius 1 is 1.46 bits per heavy atom. The highest BCUT2D eigenvalue weighted by Crippen LogP contribution is 2.33. The van der Waals surface area contributed by atoms with Crippen LogP contribution in [0.15, 0.2) is 18.7 Å². The van der Waals surface area contributed by atoms with Crippen molar-refractivity contribution in [1.82, 2.24) is 9.55 Å². The van der Waals surface area contributed by atoms with Crippen LogP contribution in [0.5, 0.6) is 0 Å². The van der Waals surface area contributed by atoms with Crippen molar-refractivity contribution in [2.75, 3.05) is 0 Å². The van der Waals surface area contributed by atoms with Gasteiger partial charge in [-0.15, -0.1) is 0 Å². The van der Waals surface area contributed by atoms with E-state index in [-0.39, 0.29) is 6.42 Å². The Hall–Kier alpha value is -1.00. The third-order valence-electron chi connectivity index (χ3n) is 1.82. The molecule has 0 aliphatic rings. The zero-order valence-electron chi connectivity index (χ0n) is 7.25. The van der Waals surface area contributed by atoms with E-state index in [4.69, 9.17) is 0 Å². The predicted octanol–water partition coefficient (Wildman–Crippen LogP) is 2.79. The third-order valence-corrected chi connectivity index (χ3v) is 1.82. The molecule has 5 heteroatoms. The molecule has 0 aromatic carbocycles. The molecule has 0 N–H and O–H groups in total. The highest BCUT2D eigenvalue weighted by Gasteiger charge is 2.39. The Morgan fingerprint density at radius 3 is 2.54 bits per heavy atom. The van der Waals surface area contributed by atoms with Crippen molar-refractivity contribution in [2.24, 2.45) is 0 Å². The first-order valence-electron chi connectivity index (χ1n) is 4.10. The molecule has 0 aliphatic carbocycles. The second kappa shape index (κ2) is 3.81. The molecule has 2 nitrogen and oxygen atoms in total. The van der Waals surface area contributed by atoms with Crippen LogP contribution in [-0.2, 0) is 0 Å². The van der Waals surface area contributed by atoms with Crippen LogP contribution in [-0.4, -0.2) is 15.7 Å². The van der Waals surface area contributed by atoms with Crippen LogP contribution in [0.1, 0.15) is 25.8 Å². The molecule has 0 aliphatic heterocycles. The fourth-order valence-electron chi connectivity index (χ4n) is 1.21. The van der Waals surface area contributed by atoms with Gasteiger partial charge in [-0.1, -0.05) is 13.3 Å². The minimum absolute atomic E-state index is 0.0971. The lowest BCUT2D eigenvalue weighted by atomic mass is 10.1. The number of rotatable bonds is 3. The predicted molar refractivity (Wildman–Crippen MR) is 42.2 cm³/mol. The van der Waals surface area contributed by atoms with Gasteiger partial charge in [-0.2, -0.15) is 13.2 Å². The molecule has 1 atom stereocenters. The van der Waals surface area contributed by atoms with Gasteiger partial charge in [0.2, 0.25) is 0 Å². The maximum atomic E-state index is 12.4. The standard InChI is InChI=1S/C8H11F3N2/c1-2-3-7(8(9,10)11)13-5-4-12-6-13/h4-7H,2-3H2,1H3. The fraction of sp³-hybridized carbons (Fsp3) is 0.625. The van der Waals surface area contributed by atoms with Crippen molar-refractivity contribution in [3.63, 3.8) is 0 Å². The fourth-order valence-corrected chi connectivity index (χ4v) is 1.21. The van der Waals surface area contributed by atoms with Crippen LogP contribution in [0.2, 0.25) is 0 Å². The first kappa shape index (κ1) is 10.1. The summed E-state index contributed by atoms with van der Waals surface area (Å²) >= 11 is 0. The van der Waals surface area contributed by atoms with Crippen LogP contribution in [0.25, 0.3) is 0 Å². The van der Waals surface area contributed by atoms with Crippen LogP contribution >= 0.6 is 0 Å². The molecule has 0 saturated carbocycles. The zero-order chi connectivity index (χ0) is 9.90. The van der Waals surface area contributed by atoms with Crippen molar-refractivity contribution in [1.29, 1.82) is 0 Å². The summed E-state index contributed by atoms with van der Waals surface area (Å²) in [5.74, 6) is 0. The summed E-state index contributed by atoms with van der Waals surface area (Å²) in [4.78, 5) is 3.60. The summed E-state index contributed by atoms with van der Waals surface area (Å²) in [6.45, 7) is 1.73. The third kappa shape index (κ3) is 2.47. The van der Waals surface area contributed by atoms with Gasteiger partial charge in [0.1, 0.15) is 6.04 Å². The van der Waals surface area contributed by atoms with E-state index in [0.29, 0.717) is 6.42 Å². The summed E-state index contributed by atoms with van der Waals surface area (Å²) in [6.07, 6.45) is 0.314. The van der Waals surface area contributed by atoms with Gasteiger partial charge >= 0.3 is 6.18 Å². The average Bonchev–Trinajstić information content (AvgIpc) is 2.49. The van der Waals surface area contributed by atoms with E-state index >= 15 is 0 Å². The van der Waals surface area contributed by atoms with E-state index in [0.717, 1.165) is 4.57 Å². The Balaban J connectivity index is 2.81. The summed E-state index contributed by atoms with van der Waals surface area (Å²) in [5.41, 5.74) is 0. The quantitative estimate of drug-likeness (QED) is 0.720. The first-order valence-corrected chi connectivity index (χ1v) is 4.10. The molecule has 13 heavy (non-hydrogen) atoms. The van der Waals surface area contributed by atoms with Crippen molar-refractivity contribution in [3.05, 3.63) is 18.7 Å². The van der Waals surface area contributed by atoms with Gasteiger partial charge in [0.05, 0.1) is 6.33 Å². The van der Waals surface area contributed by atoms with Crippen LogP contribution in [0.3, 0.4) is 0 Å². The van der Waals surface area contributed by atoms with Gasteiger partial charge < -0.3 is 4.57 Å². The molecule has 0 radical (unpaired) electrons. The summed E-state index contributed by atoms with van der Waals surface area (Å²) in [5, 5.41) is 0. The molecule has 74 valence electrons.